The number of aromatic nitrogens is 3. The number of fused-ring (bicyclic) bond motifs is 9. The van der Waals surface area contributed by atoms with E-state index in [2.05, 4.69) is 176 Å². The second-order valence-corrected chi connectivity index (χ2v) is 14.0. The lowest BCUT2D eigenvalue weighted by Crippen LogP contribution is -1.98. The van der Waals surface area contributed by atoms with Gasteiger partial charge in [-0.25, -0.2) is 4.85 Å². The third-order valence-corrected chi connectivity index (χ3v) is 11.0. The standard InChI is InChI=1S/C50H29N5/c1-52-35-24-25-47-42(30-35)40-16-4-8-20-45(40)55(47)49-23-11-22-48-50(49)41-17-5-9-21-46(41)54(48)37-27-32(31-51)26-34(29-37)33-12-10-13-36(28-33)53-43-18-6-2-14-38(43)39-15-3-7-19-44(39)53/h2-30H. The van der Waals surface area contributed by atoms with Crippen LogP contribution < -0.4 is 0 Å². The Balaban J connectivity index is 1.14. The zero-order valence-electron chi connectivity index (χ0n) is 29.5. The van der Waals surface area contributed by atoms with E-state index in [1.807, 2.05) is 24.3 Å². The van der Waals surface area contributed by atoms with E-state index in [9.17, 15) is 5.26 Å². The molecule has 254 valence electrons. The van der Waals surface area contributed by atoms with E-state index in [0.717, 1.165) is 82.8 Å². The van der Waals surface area contributed by atoms with Crippen LogP contribution in [0, 0.1) is 17.9 Å². The molecule has 5 heteroatoms. The van der Waals surface area contributed by atoms with Crippen molar-refractivity contribution in [2.75, 3.05) is 0 Å². The predicted molar refractivity (Wildman–Crippen MR) is 226 cm³/mol. The minimum Gasteiger partial charge on any atom is -0.309 e. The zero-order chi connectivity index (χ0) is 36.6. The number of nitrogens with zero attached hydrogens (tertiary/aromatic N) is 5. The van der Waals surface area contributed by atoms with Crippen molar-refractivity contribution >= 4 is 71.1 Å². The first kappa shape index (κ1) is 30.7. The first-order valence-electron chi connectivity index (χ1n) is 18.3. The molecule has 0 aliphatic carbocycles. The molecule has 5 nitrogen and oxygen atoms in total. The number of para-hydroxylation sites is 4. The summed E-state index contributed by atoms with van der Waals surface area (Å²) in [6.07, 6.45) is 0. The molecule has 0 saturated carbocycles. The molecule has 0 fully saturated rings. The first-order valence-corrected chi connectivity index (χ1v) is 18.3. The molecular weight excluding hydrogens is 671 g/mol. The highest BCUT2D eigenvalue weighted by molar-refractivity contribution is 6.17. The summed E-state index contributed by atoms with van der Waals surface area (Å²) in [6, 6.07) is 63.7. The van der Waals surface area contributed by atoms with E-state index in [4.69, 9.17) is 6.57 Å². The van der Waals surface area contributed by atoms with Crippen LogP contribution >= 0.6 is 0 Å². The van der Waals surface area contributed by atoms with Crippen LogP contribution in [-0.2, 0) is 0 Å². The number of rotatable bonds is 4. The molecule has 0 radical (unpaired) electrons. The third-order valence-electron chi connectivity index (χ3n) is 11.0. The van der Waals surface area contributed by atoms with Gasteiger partial charge in [-0.1, -0.05) is 97.1 Å². The normalized spacial score (nSPS) is 11.6. The Hall–Kier alpha value is -7.86. The Morgan fingerprint density at radius 3 is 1.65 bits per heavy atom. The first-order chi connectivity index (χ1) is 27.2. The Morgan fingerprint density at radius 1 is 0.418 bits per heavy atom. The lowest BCUT2D eigenvalue weighted by Gasteiger charge is -2.14. The summed E-state index contributed by atoms with van der Waals surface area (Å²) < 4.78 is 6.95. The van der Waals surface area contributed by atoms with E-state index in [0.29, 0.717) is 11.3 Å². The Labute approximate surface area is 316 Å². The minimum absolute atomic E-state index is 0.592. The number of nitriles is 1. The quantitative estimate of drug-likeness (QED) is 0.169. The molecule has 3 aromatic heterocycles. The molecule has 0 aliphatic heterocycles. The van der Waals surface area contributed by atoms with Crippen LogP contribution in [0.2, 0.25) is 0 Å². The highest BCUT2D eigenvalue weighted by Crippen LogP contribution is 2.41. The second kappa shape index (κ2) is 11.8. The van der Waals surface area contributed by atoms with Crippen LogP contribution in [-0.4, -0.2) is 13.7 Å². The van der Waals surface area contributed by atoms with Gasteiger partial charge in [-0.15, -0.1) is 0 Å². The van der Waals surface area contributed by atoms with Crippen molar-refractivity contribution in [1.82, 2.24) is 13.7 Å². The van der Waals surface area contributed by atoms with E-state index in [-0.39, 0.29) is 0 Å². The summed E-state index contributed by atoms with van der Waals surface area (Å²) in [7, 11) is 0. The van der Waals surface area contributed by atoms with Gasteiger partial charge >= 0.3 is 0 Å². The summed E-state index contributed by atoms with van der Waals surface area (Å²) >= 11 is 0. The lowest BCUT2D eigenvalue weighted by molar-refractivity contribution is 1.16. The fourth-order valence-corrected chi connectivity index (χ4v) is 8.75. The van der Waals surface area contributed by atoms with Gasteiger partial charge in [-0.3, -0.25) is 0 Å². The van der Waals surface area contributed by atoms with Gasteiger partial charge in [0.1, 0.15) is 0 Å². The van der Waals surface area contributed by atoms with Crippen LogP contribution in [0.25, 0.3) is 98.5 Å². The van der Waals surface area contributed by atoms with Gasteiger partial charge in [0.2, 0.25) is 0 Å². The highest BCUT2D eigenvalue weighted by Gasteiger charge is 2.20. The van der Waals surface area contributed by atoms with Gasteiger partial charge in [0.15, 0.2) is 5.69 Å². The van der Waals surface area contributed by atoms with Crippen molar-refractivity contribution in [3.8, 4) is 34.3 Å². The lowest BCUT2D eigenvalue weighted by atomic mass is 10.0. The highest BCUT2D eigenvalue weighted by atomic mass is 15.0. The number of hydrogen-bond acceptors (Lipinski definition) is 1. The summed E-state index contributed by atoms with van der Waals surface area (Å²) in [5.41, 5.74) is 12.8. The van der Waals surface area contributed by atoms with E-state index in [1.165, 1.54) is 10.8 Å². The molecule has 55 heavy (non-hydrogen) atoms. The molecule has 0 atom stereocenters. The van der Waals surface area contributed by atoms with Crippen molar-refractivity contribution in [1.29, 1.82) is 5.26 Å². The van der Waals surface area contributed by atoms with Crippen molar-refractivity contribution in [2.45, 2.75) is 0 Å². The van der Waals surface area contributed by atoms with Crippen LogP contribution in [0.1, 0.15) is 5.56 Å². The average Bonchev–Trinajstić information content (AvgIpc) is 3.89. The molecule has 0 spiro atoms. The average molecular weight is 700 g/mol. The van der Waals surface area contributed by atoms with Crippen molar-refractivity contribution in [2.24, 2.45) is 0 Å². The summed E-state index contributed by atoms with van der Waals surface area (Å²) in [5, 5.41) is 17.3. The molecule has 11 aromatic rings. The van der Waals surface area contributed by atoms with Crippen LogP contribution in [0.4, 0.5) is 5.69 Å². The molecule has 8 aromatic carbocycles. The van der Waals surface area contributed by atoms with Gasteiger partial charge in [-0.05, 0) is 95.4 Å². The zero-order valence-corrected chi connectivity index (χ0v) is 29.5. The SMILES string of the molecule is [C-]#[N+]c1ccc2c(c1)c1ccccc1n2-c1cccc2c1c1ccccc1n2-c1cc(C#N)cc(-c2cccc(-n3c4ccccc4c4ccccc43)c2)c1. The van der Waals surface area contributed by atoms with Gasteiger partial charge in [0.05, 0.1) is 57.0 Å². The molecule has 0 bridgehead atoms. The molecule has 0 saturated heterocycles. The summed E-state index contributed by atoms with van der Waals surface area (Å²) in [6.45, 7) is 7.68. The fourth-order valence-electron chi connectivity index (χ4n) is 8.75. The van der Waals surface area contributed by atoms with Gasteiger partial charge in [0.25, 0.3) is 0 Å². The molecule has 11 rings (SSSR count). The Morgan fingerprint density at radius 2 is 0.964 bits per heavy atom. The Kier molecular flexibility index (Phi) is 6.61. The number of benzene rings is 8. The van der Waals surface area contributed by atoms with Crippen LogP contribution in [0.5, 0.6) is 0 Å². The smallest absolute Gasteiger partial charge is 0.188 e. The van der Waals surface area contributed by atoms with Crippen LogP contribution in [0.15, 0.2) is 176 Å². The number of hydrogen-bond donors (Lipinski definition) is 0. The summed E-state index contributed by atoms with van der Waals surface area (Å²) in [5.74, 6) is 0. The Bertz CT molecular complexity index is 3420. The maximum Gasteiger partial charge on any atom is 0.188 e. The van der Waals surface area contributed by atoms with Crippen molar-refractivity contribution in [3.05, 3.63) is 193 Å². The molecule has 0 unspecified atom stereocenters. The molecule has 0 aliphatic rings. The predicted octanol–water partition coefficient (Wildman–Crippen LogP) is 13.1. The van der Waals surface area contributed by atoms with Gasteiger partial charge in [-0.2, -0.15) is 5.26 Å². The second-order valence-electron chi connectivity index (χ2n) is 14.0. The van der Waals surface area contributed by atoms with Crippen LogP contribution in [0.3, 0.4) is 0 Å². The van der Waals surface area contributed by atoms with Crippen molar-refractivity contribution in [3.63, 3.8) is 0 Å². The van der Waals surface area contributed by atoms with E-state index < -0.39 is 0 Å². The fraction of sp³-hybridized carbons (Fsp3) is 0. The van der Waals surface area contributed by atoms with Gasteiger partial charge in [0, 0.05) is 38.3 Å². The van der Waals surface area contributed by atoms with Crippen molar-refractivity contribution < 1.29 is 0 Å². The molecular formula is C50H29N5. The monoisotopic (exact) mass is 699 g/mol. The largest absolute Gasteiger partial charge is 0.309 e. The minimum atomic E-state index is 0.592. The summed E-state index contributed by atoms with van der Waals surface area (Å²) in [4.78, 5) is 3.74. The molecule has 0 amide bonds. The van der Waals surface area contributed by atoms with Gasteiger partial charge < -0.3 is 13.7 Å². The maximum atomic E-state index is 10.4. The third kappa shape index (κ3) is 4.51. The maximum absolute atomic E-state index is 10.4. The van der Waals surface area contributed by atoms with E-state index in [1.54, 1.807) is 0 Å². The topological polar surface area (TPSA) is 42.9 Å². The van der Waals surface area contributed by atoms with E-state index >= 15 is 0 Å². The molecule has 3 heterocycles. The molecule has 0 N–H and O–H groups in total.